The van der Waals surface area contributed by atoms with Crippen molar-refractivity contribution in [1.82, 2.24) is 4.90 Å². The smallest absolute Gasteiger partial charge is 0.200 e. The summed E-state index contributed by atoms with van der Waals surface area (Å²) < 4.78 is 0. The fourth-order valence-corrected chi connectivity index (χ4v) is 0.879. The fourth-order valence-electron chi connectivity index (χ4n) is 0.879. The van der Waals surface area contributed by atoms with Crippen LogP contribution < -0.4 is 5.73 Å². The van der Waals surface area contributed by atoms with Crippen molar-refractivity contribution in [2.45, 2.75) is 6.92 Å². The van der Waals surface area contributed by atoms with Gasteiger partial charge in [0.25, 0.3) is 0 Å². The van der Waals surface area contributed by atoms with Crippen molar-refractivity contribution in [1.29, 1.82) is 0 Å². The van der Waals surface area contributed by atoms with Crippen molar-refractivity contribution in [3.63, 3.8) is 0 Å². The topological polar surface area (TPSA) is 54.0 Å². The molecule has 64 valence electrons. The van der Waals surface area contributed by atoms with E-state index in [2.05, 4.69) is 16.6 Å². The minimum Gasteiger partial charge on any atom is -0.369 e. The predicted octanol–water partition coefficient (Wildman–Crippen LogP) is 0.692. The number of guanidine groups is 1. The number of nitrogens with zero attached hydrogens (tertiary/aromatic N) is 3. The van der Waals surface area contributed by atoms with E-state index in [9.17, 15) is 0 Å². The van der Waals surface area contributed by atoms with Crippen LogP contribution in [-0.4, -0.2) is 23.6 Å². The van der Waals surface area contributed by atoms with Gasteiger partial charge >= 0.3 is 0 Å². The molecule has 0 atom stereocenters. The van der Waals surface area contributed by atoms with Crippen molar-refractivity contribution in [3.05, 3.63) is 24.7 Å². The van der Waals surface area contributed by atoms with E-state index >= 15 is 0 Å². The zero-order valence-corrected chi connectivity index (χ0v) is 7.28. The number of rotatable bonds is 0. The molecule has 0 bridgehead atoms. The molecule has 0 spiro atoms. The molecule has 0 aliphatic carbocycles. The summed E-state index contributed by atoms with van der Waals surface area (Å²) >= 11 is 0. The summed E-state index contributed by atoms with van der Waals surface area (Å²) in [6, 6.07) is 0. The maximum Gasteiger partial charge on any atom is 0.200 e. The fraction of sp³-hybridized carbons (Fsp3) is 0.250. The van der Waals surface area contributed by atoms with Crippen LogP contribution in [0.25, 0.3) is 0 Å². The van der Waals surface area contributed by atoms with Gasteiger partial charge in [-0.2, -0.15) is 0 Å². The third-order valence-electron chi connectivity index (χ3n) is 1.52. The van der Waals surface area contributed by atoms with E-state index in [1.54, 1.807) is 18.1 Å². The lowest BCUT2D eigenvalue weighted by Crippen LogP contribution is -2.33. The van der Waals surface area contributed by atoms with Gasteiger partial charge in [-0.3, -0.25) is 9.89 Å². The van der Waals surface area contributed by atoms with Crippen LogP contribution in [0.15, 0.2) is 34.7 Å². The SMILES string of the molecule is C=C1N=C(C)C=CN1C(N)=NC. The molecule has 0 aromatic carbocycles. The van der Waals surface area contributed by atoms with Crippen LogP contribution in [0.2, 0.25) is 0 Å². The zero-order valence-electron chi connectivity index (χ0n) is 7.28. The highest BCUT2D eigenvalue weighted by atomic mass is 15.3. The van der Waals surface area contributed by atoms with Gasteiger partial charge in [0.2, 0.25) is 5.96 Å². The monoisotopic (exact) mass is 164 g/mol. The first-order valence-electron chi connectivity index (χ1n) is 3.59. The normalized spacial score (nSPS) is 18.2. The maximum absolute atomic E-state index is 5.58. The second kappa shape index (κ2) is 3.21. The lowest BCUT2D eigenvalue weighted by atomic mass is 10.3. The summed E-state index contributed by atoms with van der Waals surface area (Å²) in [5, 5.41) is 0. The van der Waals surface area contributed by atoms with Gasteiger partial charge in [0.05, 0.1) is 0 Å². The standard InChI is InChI=1S/C8H12N4/c1-6-4-5-12(7(2)11-6)8(9)10-3/h4-5H,2H2,1,3H3,(H2,9,10). The largest absolute Gasteiger partial charge is 0.369 e. The molecular weight excluding hydrogens is 152 g/mol. The van der Waals surface area contributed by atoms with Gasteiger partial charge in [0.1, 0.15) is 5.82 Å². The zero-order chi connectivity index (χ0) is 9.14. The predicted molar refractivity (Wildman–Crippen MR) is 50.8 cm³/mol. The molecule has 4 heteroatoms. The molecule has 0 radical (unpaired) electrons. The van der Waals surface area contributed by atoms with Gasteiger partial charge in [-0.15, -0.1) is 0 Å². The highest BCUT2D eigenvalue weighted by Crippen LogP contribution is 2.09. The second-order valence-corrected chi connectivity index (χ2v) is 2.44. The highest BCUT2D eigenvalue weighted by Gasteiger charge is 2.10. The third kappa shape index (κ3) is 1.53. The summed E-state index contributed by atoms with van der Waals surface area (Å²) in [7, 11) is 1.63. The van der Waals surface area contributed by atoms with E-state index in [0.717, 1.165) is 5.71 Å². The molecule has 0 aromatic heterocycles. The van der Waals surface area contributed by atoms with Crippen LogP contribution in [0, 0.1) is 0 Å². The third-order valence-corrected chi connectivity index (χ3v) is 1.52. The van der Waals surface area contributed by atoms with Gasteiger partial charge in [-0.25, -0.2) is 4.99 Å². The molecule has 0 amide bonds. The van der Waals surface area contributed by atoms with Crippen molar-refractivity contribution in [2.24, 2.45) is 15.7 Å². The average molecular weight is 164 g/mol. The molecule has 1 heterocycles. The first-order valence-corrected chi connectivity index (χ1v) is 3.59. The molecule has 0 saturated carbocycles. The first kappa shape index (κ1) is 8.52. The summed E-state index contributed by atoms with van der Waals surface area (Å²) in [5.41, 5.74) is 6.49. The molecule has 2 N–H and O–H groups in total. The molecular formula is C8H12N4. The molecule has 0 fully saturated rings. The minimum atomic E-state index is 0.396. The van der Waals surface area contributed by atoms with E-state index in [-0.39, 0.29) is 0 Å². The molecule has 1 aliphatic heterocycles. The Kier molecular flexibility index (Phi) is 2.28. The van der Waals surface area contributed by atoms with Gasteiger partial charge in [0, 0.05) is 19.0 Å². The molecule has 0 aromatic rings. The Morgan fingerprint density at radius 3 is 2.92 bits per heavy atom. The van der Waals surface area contributed by atoms with Crippen molar-refractivity contribution in [2.75, 3.05) is 7.05 Å². The van der Waals surface area contributed by atoms with Crippen LogP contribution >= 0.6 is 0 Å². The van der Waals surface area contributed by atoms with Crippen molar-refractivity contribution >= 4 is 11.7 Å². The summed E-state index contributed by atoms with van der Waals surface area (Å²) in [6.07, 6.45) is 3.65. The second-order valence-electron chi connectivity index (χ2n) is 2.44. The van der Waals surface area contributed by atoms with E-state index in [1.807, 2.05) is 13.0 Å². The Bertz CT molecular complexity index is 285. The van der Waals surface area contributed by atoms with Crippen LogP contribution in [0.1, 0.15) is 6.92 Å². The van der Waals surface area contributed by atoms with Gasteiger partial charge in [0.15, 0.2) is 0 Å². The lowest BCUT2D eigenvalue weighted by Gasteiger charge is -2.21. The van der Waals surface area contributed by atoms with Crippen LogP contribution in [-0.2, 0) is 0 Å². The molecule has 0 saturated heterocycles. The Labute approximate surface area is 71.8 Å². The van der Waals surface area contributed by atoms with E-state index < -0.39 is 0 Å². The minimum absolute atomic E-state index is 0.396. The van der Waals surface area contributed by atoms with Crippen LogP contribution in [0.4, 0.5) is 0 Å². The van der Waals surface area contributed by atoms with Gasteiger partial charge in [-0.05, 0) is 13.0 Å². The molecule has 0 unspecified atom stereocenters. The first-order chi connectivity index (χ1) is 5.65. The number of hydrogen-bond acceptors (Lipinski definition) is 2. The lowest BCUT2D eigenvalue weighted by molar-refractivity contribution is 0.665. The quantitative estimate of drug-likeness (QED) is 0.423. The Morgan fingerprint density at radius 1 is 1.75 bits per heavy atom. The maximum atomic E-state index is 5.58. The van der Waals surface area contributed by atoms with Gasteiger partial charge < -0.3 is 5.73 Å². The van der Waals surface area contributed by atoms with Crippen LogP contribution in [0.5, 0.6) is 0 Å². The highest BCUT2D eigenvalue weighted by molar-refractivity contribution is 5.96. The molecule has 4 nitrogen and oxygen atoms in total. The molecule has 1 aliphatic rings. The number of allylic oxidation sites excluding steroid dienone is 1. The number of hydrogen-bond donors (Lipinski definition) is 1. The van der Waals surface area contributed by atoms with E-state index in [4.69, 9.17) is 5.73 Å². The van der Waals surface area contributed by atoms with Crippen molar-refractivity contribution < 1.29 is 0 Å². The summed E-state index contributed by atoms with van der Waals surface area (Å²) in [4.78, 5) is 9.59. The van der Waals surface area contributed by atoms with E-state index in [0.29, 0.717) is 11.8 Å². The van der Waals surface area contributed by atoms with Crippen LogP contribution in [0.3, 0.4) is 0 Å². The molecule has 1 rings (SSSR count). The Hall–Kier alpha value is -1.58. The summed E-state index contributed by atoms with van der Waals surface area (Å²) in [6.45, 7) is 5.64. The Morgan fingerprint density at radius 2 is 2.42 bits per heavy atom. The Balaban J connectivity index is 2.87. The summed E-state index contributed by atoms with van der Waals surface area (Å²) in [5.74, 6) is 0.991. The average Bonchev–Trinajstić information content (AvgIpc) is 2.03. The van der Waals surface area contributed by atoms with Gasteiger partial charge in [-0.1, -0.05) is 6.58 Å². The molecule has 12 heavy (non-hydrogen) atoms. The number of aliphatic imine (C=N–C) groups is 2. The number of nitrogens with two attached hydrogens (primary N) is 1. The van der Waals surface area contributed by atoms with Crippen molar-refractivity contribution in [3.8, 4) is 0 Å². The van der Waals surface area contributed by atoms with E-state index in [1.165, 1.54) is 0 Å².